The SMILES string of the molecule is O=C(c1cc(-c2cccs2)n(C2CCS(=O)(=O)C2)n1)N1CCN(c2ccccn2)CC1. The van der Waals surface area contributed by atoms with Crippen molar-refractivity contribution in [1.82, 2.24) is 19.7 Å². The van der Waals surface area contributed by atoms with E-state index in [1.54, 1.807) is 22.2 Å². The molecule has 31 heavy (non-hydrogen) atoms. The molecule has 3 aromatic heterocycles. The second-order valence-electron chi connectivity index (χ2n) is 7.86. The summed E-state index contributed by atoms with van der Waals surface area (Å²) in [5, 5.41) is 6.58. The van der Waals surface area contributed by atoms with Crippen LogP contribution in [-0.2, 0) is 9.84 Å². The molecule has 0 bridgehead atoms. The first-order valence-corrected chi connectivity index (χ1v) is 13.0. The van der Waals surface area contributed by atoms with Crippen molar-refractivity contribution in [3.05, 3.63) is 53.7 Å². The van der Waals surface area contributed by atoms with Gasteiger partial charge in [0.1, 0.15) is 5.82 Å². The van der Waals surface area contributed by atoms with E-state index in [2.05, 4.69) is 15.0 Å². The molecule has 1 amide bonds. The Morgan fingerprint density at radius 1 is 1.10 bits per heavy atom. The zero-order chi connectivity index (χ0) is 21.4. The molecule has 5 rings (SSSR count). The van der Waals surface area contributed by atoms with Crippen LogP contribution >= 0.6 is 11.3 Å². The van der Waals surface area contributed by atoms with Gasteiger partial charge in [0.25, 0.3) is 5.91 Å². The van der Waals surface area contributed by atoms with Crippen LogP contribution in [0, 0.1) is 0 Å². The average Bonchev–Trinajstić information content (AvgIpc) is 3.53. The maximum Gasteiger partial charge on any atom is 0.274 e. The number of sulfone groups is 1. The Morgan fingerprint density at radius 2 is 1.94 bits per heavy atom. The van der Waals surface area contributed by atoms with Gasteiger partial charge in [0.15, 0.2) is 15.5 Å². The molecule has 10 heteroatoms. The van der Waals surface area contributed by atoms with E-state index in [1.807, 2.05) is 46.7 Å². The Labute approximate surface area is 185 Å². The van der Waals surface area contributed by atoms with Crippen molar-refractivity contribution in [1.29, 1.82) is 0 Å². The highest BCUT2D eigenvalue weighted by Gasteiger charge is 2.33. The lowest BCUT2D eigenvalue weighted by molar-refractivity contribution is 0.0739. The maximum atomic E-state index is 13.2. The molecule has 2 saturated heterocycles. The maximum absolute atomic E-state index is 13.2. The van der Waals surface area contributed by atoms with E-state index in [4.69, 9.17) is 0 Å². The molecule has 2 fully saturated rings. The van der Waals surface area contributed by atoms with Gasteiger partial charge in [0, 0.05) is 32.4 Å². The number of nitrogens with zero attached hydrogens (tertiary/aromatic N) is 5. The Balaban J connectivity index is 1.37. The minimum Gasteiger partial charge on any atom is -0.353 e. The number of anilines is 1. The standard InChI is InChI=1S/C21H23N5O3S2/c27-21(25-10-8-24(9-11-25)20-5-1-2-7-22-20)17-14-18(19-4-3-12-30-19)26(23-17)16-6-13-31(28,29)15-16/h1-5,7,12,14,16H,6,8-11,13,15H2. The summed E-state index contributed by atoms with van der Waals surface area (Å²) >= 11 is 1.56. The molecule has 1 unspecified atom stereocenters. The zero-order valence-electron chi connectivity index (χ0n) is 16.9. The summed E-state index contributed by atoms with van der Waals surface area (Å²) < 4.78 is 25.8. The third-order valence-corrected chi connectivity index (χ3v) is 8.47. The highest BCUT2D eigenvalue weighted by atomic mass is 32.2. The van der Waals surface area contributed by atoms with Crippen molar-refractivity contribution in [3.63, 3.8) is 0 Å². The highest BCUT2D eigenvalue weighted by molar-refractivity contribution is 7.91. The van der Waals surface area contributed by atoms with Crippen molar-refractivity contribution < 1.29 is 13.2 Å². The minimum absolute atomic E-state index is 0.0729. The van der Waals surface area contributed by atoms with Gasteiger partial charge >= 0.3 is 0 Å². The molecule has 162 valence electrons. The van der Waals surface area contributed by atoms with Gasteiger partial charge in [0.2, 0.25) is 0 Å². The molecular formula is C21H23N5O3S2. The van der Waals surface area contributed by atoms with Crippen LogP contribution in [0.2, 0.25) is 0 Å². The second kappa shape index (κ2) is 8.08. The van der Waals surface area contributed by atoms with E-state index in [0.717, 1.165) is 16.4 Å². The molecule has 1 atom stereocenters. The number of piperazine rings is 1. The third kappa shape index (κ3) is 4.09. The van der Waals surface area contributed by atoms with Gasteiger partial charge in [-0.3, -0.25) is 9.48 Å². The molecule has 0 spiro atoms. The average molecular weight is 458 g/mol. The van der Waals surface area contributed by atoms with E-state index in [9.17, 15) is 13.2 Å². The summed E-state index contributed by atoms with van der Waals surface area (Å²) in [7, 11) is -3.06. The van der Waals surface area contributed by atoms with E-state index >= 15 is 0 Å². The van der Waals surface area contributed by atoms with Crippen molar-refractivity contribution in [2.45, 2.75) is 12.5 Å². The van der Waals surface area contributed by atoms with E-state index < -0.39 is 9.84 Å². The number of thiophene rings is 1. The van der Waals surface area contributed by atoms with Crippen molar-refractivity contribution in [2.24, 2.45) is 0 Å². The Hall–Kier alpha value is -2.72. The van der Waals surface area contributed by atoms with Gasteiger partial charge in [-0.05, 0) is 36.1 Å². The summed E-state index contributed by atoms with van der Waals surface area (Å²) in [4.78, 5) is 22.6. The Kier molecular flexibility index (Phi) is 5.27. The molecule has 2 aliphatic heterocycles. The molecule has 0 radical (unpaired) electrons. The fourth-order valence-electron chi connectivity index (χ4n) is 4.20. The van der Waals surface area contributed by atoms with Crippen LogP contribution in [0.3, 0.4) is 0 Å². The van der Waals surface area contributed by atoms with Crippen LogP contribution in [0.1, 0.15) is 23.0 Å². The van der Waals surface area contributed by atoms with Gasteiger partial charge in [-0.15, -0.1) is 11.3 Å². The molecule has 5 heterocycles. The summed E-state index contributed by atoms with van der Waals surface area (Å²) in [6, 6.07) is 11.3. The molecule has 0 saturated carbocycles. The topological polar surface area (TPSA) is 88.4 Å². The number of amides is 1. The van der Waals surface area contributed by atoms with Gasteiger partial charge in [-0.25, -0.2) is 13.4 Å². The quantitative estimate of drug-likeness (QED) is 0.598. The van der Waals surface area contributed by atoms with Gasteiger partial charge in [-0.2, -0.15) is 5.10 Å². The van der Waals surface area contributed by atoms with E-state index in [0.29, 0.717) is 38.3 Å². The van der Waals surface area contributed by atoms with Gasteiger partial charge in [-0.1, -0.05) is 12.1 Å². The fourth-order valence-corrected chi connectivity index (χ4v) is 6.62. The lowest BCUT2D eigenvalue weighted by Gasteiger charge is -2.35. The third-order valence-electron chi connectivity index (χ3n) is 5.82. The number of pyridine rings is 1. The number of carbonyl (C=O) groups excluding carboxylic acids is 1. The van der Waals surface area contributed by atoms with E-state index in [1.165, 1.54) is 0 Å². The number of hydrogen-bond donors (Lipinski definition) is 0. The predicted molar refractivity (Wildman–Crippen MR) is 120 cm³/mol. The smallest absolute Gasteiger partial charge is 0.274 e. The highest BCUT2D eigenvalue weighted by Crippen LogP contribution is 2.32. The number of aromatic nitrogens is 3. The lowest BCUT2D eigenvalue weighted by Crippen LogP contribution is -2.49. The molecule has 0 aromatic carbocycles. The largest absolute Gasteiger partial charge is 0.353 e. The summed E-state index contributed by atoms with van der Waals surface area (Å²) in [6.07, 6.45) is 2.30. The van der Waals surface area contributed by atoms with Gasteiger partial charge < -0.3 is 9.80 Å². The van der Waals surface area contributed by atoms with Crippen LogP contribution in [0.4, 0.5) is 5.82 Å². The summed E-state index contributed by atoms with van der Waals surface area (Å²) in [5.41, 5.74) is 1.19. The monoisotopic (exact) mass is 457 g/mol. The van der Waals surface area contributed by atoms with Crippen molar-refractivity contribution in [2.75, 3.05) is 42.6 Å². The fraction of sp³-hybridized carbons (Fsp3) is 0.381. The van der Waals surface area contributed by atoms with Crippen LogP contribution in [0.5, 0.6) is 0 Å². The van der Waals surface area contributed by atoms with Gasteiger partial charge in [0.05, 0.1) is 28.1 Å². The van der Waals surface area contributed by atoms with E-state index in [-0.39, 0.29) is 23.5 Å². The molecule has 3 aromatic rings. The van der Waals surface area contributed by atoms with Crippen LogP contribution < -0.4 is 4.90 Å². The Bertz CT molecular complexity index is 1170. The first kappa shape index (κ1) is 20.2. The first-order chi connectivity index (χ1) is 15.0. The normalized spacial score (nSPS) is 20.8. The number of rotatable bonds is 4. The predicted octanol–water partition coefficient (Wildman–Crippen LogP) is 2.33. The zero-order valence-corrected chi connectivity index (χ0v) is 18.6. The molecule has 0 N–H and O–H groups in total. The Morgan fingerprint density at radius 3 is 2.58 bits per heavy atom. The summed E-state index contributed by atoms with van der Waals surface area (Å²) in [5.74, 6) is 1.04. The van der Waals surface area contributed by atoms with Crippen LogP contribution in [0.25, 0.3) is 10.6 Å². The van der Waals surface area contributed by atoms with Crippen LogP contribution in [-0.4, -0.2) is 71.7 Å². The summed E-state index contributed by atoms with van der Waals surface area (Å²) in [6.45, 7) is 2.60. The minimum atomic E-state index is -3.06. The molecule has 2 aliphatic rings. The lowest BCUT2D eigenvalue weighted by atomic mass is 10.2. The van der Waals surface area contributed by atoms with Crippen molar-refractivity contribution >= 4 is 32.9 Å². The van der Waals surface area contributed by atoms with Crippen LogP contribution in [0.15, 0.2) is 48.0 Å². The first-order valence-electron chi connectivity index (χ1n) is 10.3. The molecule has 8 nitrogen and oxygen atoms in total. The molecule has 0 aliphatic carbocycles. The number of carbonyl (C=O) groups is 1. The second-order valence-corrected chi connectivity index (χ2v) is 11.0. The molecular weight excluding hydrogens is 434 g/mol. The number of hydrogen-bond acceptors (Lipinski definition) is 7. The van der Waals surface area contributed by atoms with Crippen molar-refractivity contribution in [3.8, 4) is 10.6 Å².